The molecule has 2 heterocycles. The second kappa shape index (κ2) is 9.22. The molecule has 6 nitrogen and oxygen atoms in total. The number of pyridine rings is 1. The molecule has 30 heavy (non-hydrogen) atoms. The summed E-state index contributed by atoms with van der Waals surface area (Å²) in [6.45, 7) is 7.46. The van der Waals surface area contributed by atoms with Crippen molar-refractivity contribution in [3.8, 4) is 0 Å². The first-order valence-electron chi connectivity index (χ1n) is 10.3. The van der Waals surface area contributed by atoms with Crippen LogP contribution in [0.3, 0.4) is 0 Å². The third kappa shape index (κ3) is 5.05. The molecule has 0 aliphatic carbocycles. The lowest BCUT2D eigenvalue weighted by molar-refractivity contribution is 0.122. The van der Waals surface area contributed by atoms with Crippen molar-refractivity contribution in [3.63, 3.8) is 0 Å². The Morgan fingerprint density at radius 2 is 1.70 bits per heavy atom. The van der Waals surface area contributed by atoms with Gasteiger partial charge in [0.25, 0.3) is 0 Å². The van der Waals surface area contributed by atoms with Crippen molar-refractivity contribution < 1.29 is 8.42 Å². The number of hydrogen-bond acceptors (Lipinski definition) is 5. The lowest BCUT2D eigenvalue weighted by Crippen LogP contribution is -2.50. The Labute approximate surface area is 178 Å². The predicted molar refractivity (Wildman–Crippen MR) is 120 cm³/mol. The Hall–Kier alpha value is -2.32. The van der Waals surface area contributed by atoms with Gasteiger partial charge in [0, 0.05) is 68.5 Å². The quantitative estimate of drug-likeness (QED) is 0.632. The number of piperazine rings is 1. The average Bonchev–Trinajstić information content (AvgIpc) is 2.75. The Kier molecular flexibility index (Phi) is 6.43. The SMILES string of the molecule is C[C@H](CN1CCN(Cc2ccccc2)CC1)NS(=O)(=O)c1cccc2cnccc12. The standard InChI is InChI=1S/C23H28N4O2S/c1-19(17-26-12-14-27(15-13-26)18-20-6-3-2-4-7-20)25-30(28,29)23-9-5-8-21-16-24-11-10-22(21)23/h2-11,16,19,25H,12-15,17-18H2,1H3/t19-/m1/s1. The van der Waals surface area contributed by atoms with E-state index in [9.17, 15) is 8.42 Å². The first-order chi connectivity index (χ1) is 14.5. The second-order valence-electron chi connectivity index (χ2n) is 7.94. The van der Waals surface area contributed by atoms with E-state index in [0.29, 0.717) is 16.8 Å². The van der Waals surface area contributed by atoms with Gasteiger partial charge in [-0.1, -0.05) is 42.5 Å². The molecule has 0 radical (unpaired) electrons. The Morgan fingerprint density at radius 3 is 2.47 bits per heavy atom. The van der Waals surface area contributed by atoms with Gasteiger partial charge in [-0.3, -0.25) is 14.8 Å². The predicted octanol–water partition coefficient (Wildman–Crippen LogP) is 2.72. The van der Waals surface area contributed by atoms with E-state index in [0.717, 1.165) is 38.1 Å². The van der Waals surface area contributed by atoms with Crippen LogP contribution in [0.5, 0.6) is 0 Å². The molecular formula is C23H28N4O2S. The number of nitrogens with one attached hydrogen (secondary N) is 1. The Morgan fingerprint density at radius 1 is 0.967 bits per heavy atom. The van der Waals surface area contributed by atoms with Crippen LogP contribution in [0.2, 0.25) is 0 Å². The lowest BCUT2D eigenvalue weighted by Gasteiger charge is -2.36. The molecule has 1 aliphatic heterocycles. The minimum absolute atomic E-state index is 0.173. The van der Waals surface area contributed by atoms with E-state index in [4.69, 9.17) is 0 Å². The molecule has 0 bridgehead atoms. The van der Waals surface area contributed by atoms with Crippen LogP contribution < -0.4 is 4.72 Å². The molecule has 1 N–H and O–H groups in total. The van der Waals surface area contributed by atoms with Crippen LogP contribution in [0.4, 0.5) is 0 Å². The largest absolute Gasteiger partial charge is 0.299 e. The van der Waals surface area contributed by atoms with Crippen LogP contribution in [-0.2, 0) is 16.6 Å². The van der Waals surface area contributed by atoms with Gasteiger partial charge in [0.2, 0.25) is 10.0 Å². The zero-order chi connectivity index (χ0) is 21.0. The second-order valence-corrected chi connectivity index (χ2v) is 9.62. The van der Waals surface area contributed by atoms with E-state index in [1.54, 1.807) is 30.6 Å². The summed E-state index contributed by atoms with van der Waals surface area (Å²) in [5, 5.41) is 1.52. The molecule has 1 saturated heterocycles. The van der Waals surface area contributed by atoms with Gasteiger partial charge in [0.15, 0.2) is 0 Å². The summed E-state index contributed by atoms with van der Waals surface area (Å²) >= 11 is 0. The number of rotatable bonds is 7. The van der Waals surface area contributed by atoms with Crippen LogP contribution in [0.15, 0.2) is 71.9 Å². The topological polar surface area (TPSA) is 65.5 Å². The average molecular weight is 425 g/mol. The smallest absolute Gasteiger partial charge is 0.241 e. The highest BCUT2D eigenvalue weighted by molar-refractivity contribution is 7.89. The fourth-order valence-electron chi connectivity index (χ4n) is 4.05. The summed E-state index contributed by atoms with van der Waals surface area (Å²) in [6, 6.07) is 17.4. The summed E-state index contributed by atoms with van der Waals surface area (Å²) in [7, 11) is -3.60. The fourth-order valence-corrected chi connectivity index (χ4v) is 5.52. The van der Waals surface area contributed by atoms with Gasteiger partial charge in [-0.05, 0) is 24.6 Å². The molecule has 7 heteroatoms. The van der Waals surface area contributed by atoms with Crippen molar-refractivity contribution in [3.05, 3.63) is 72.6 Å². The van der Waals surface area contributed by atoms with Gasteiger partial charge < -0.3 is 0 Å². The van der Waals surface area contributed by atoms with Crippen LogP contribution >= 0.6 is 0 Å². The molecule has 3 aromatic rings. The van der Waals surface area contributed by atoms with Gasteiger partial charge >= 0.3 is 0 Å². The van der Waals surface area contributed by atoms with Gasteiger partial charge in [-0.2, -0.15) is 0 Å². The molecule has 1 aliphatic rings. The van der Waals surface area contributed by atoms with Crippen molar-refractivity contribution in [1.29, 1.82) is 0 Å². The third-order valence-corrected chi connectivity index (χ3v) is 7.18. The monoisotopic (exact) mass is 424 g/mol. The molecule has 0 saturated carbocycles. The number of fused-ring (bicyclic) bond motifs is 1. The molecule has 1 fully saturated rings. The van der Waals surface area contributed by atoms with Crippen LogP contribution in [-0.4, -0.2) is 62.0 Å². The summed E-state index contributed by atoms with van der Waals surface area (Å²) < 4.78 is 28.9. The summed E-state index contributed by atoms with van der Waals surface area (Å²) in [6.07, 6.45) is 3.31. The normalized spacial score (nSPS) is 17.2. The van der Waals surface area contributed by atoms with Crippen molar-refractivity contribution in [2.24, 2.45) is 0 Å². The number of hydrogen-bond donors (Lipinski definition) is 1. The highest BCUT2D eigenvalue weighted by Crippen LogP contribution is 2.22. The molecule has 0 amide bonds. The minimum Gasteiger partial charge on any atom is -0.299 e. The Bertz CT molecular complexity index is 1080. The number of sulfonamides is 1. The highest BCUT2D eigenvalue weighted by Gasteiger charge is 2.23. The zero-order valence-corrected chi connectivity index (χ0v) is 18.1. The van der Waals surface area contributed by atoms with Crippen LogP contribution in [0.25, 0.3) is 10.8 Å². The fraction of sp³-hybridized carbons (Fsp3) is 0.348. The molecule has 0 unspecified atom stereocenters. The lowest BCUT2D eigenvalue weighted by atomic mass is 10.2. The van der Waals surface area contributed by atoms with Crippen LogP contribution in [0.1, 0.15) is 12.5 Å². The highest BCUT2D eigenvalue weighted by atomic mass is 32.2. The number of aromatic nitrogens is 1. The van der Waals surface area contributed by atoms with E-state index < -0.39 is 10.0 Å². The van der Waals surface area contributed by atoms with E-state index in [-0.39, 0.29) is 6.04 Å². The van der Waals surface area contributed by atoms with Gasteiger partial charge in [0.05, 0.1) is 4.90 Å². The minimum atomic E-state index is -3.60. The van der Waals surface area contributed by atoms with Gasteiger partial charge in [-0.25, -0.2) is 13.1 Å². The molecule has 158 valence electrons. The molecule has 4 rings (SSSR count). The molecule has 2 aromatic carbocycles. The molecular weight excluding hydrogens is 396 g/mol. The summed E-state index contributed by atoms with van der Waals surface area (Å²) in [5.74, 6) is 0. The molecule has 1 atom stereocenters. The maximum Gasteiger partial charge on any atom is 0.241 e. The van der Waals surface area contributed by atoms with Crippen molar-refractivity contribution in [2.75, 3.05) is 32.7 Å². The molecule has 0 spiro atoms. The molecule has 1 aromatic heterocycles. The summed E-state index contributed by atoms with van der Waals surface area (Å²) in [4.78, 5) is 9.17. The zero-order valence-electron chi connectivity index (χ0n) is 17.2. The number of nitrogens with zero attached hydrogens (tertiary/aromatic N) is 3. The van der Waals surface area contributed by atoms with Crippen molar-refractivity contribution in [2.45, 2.75) is 24.4 Å². The van der Waals surface area contributed by atoms with E-state index in [2.05, 4.69) is 43.8 Å². The maximum atomic E-state index is 13.0. The number of benzene rings is 2. The van der Waals surface area contributed by atoms with Gasteiger partial charge in [0.1, 0.15) is 0 Å². The van der Waals surface area contributed by atoms with Crippen molar-refractivity contribution in [1.82, 2.24) is 19.5 Å². The summed E-state index contributed by atoms with van der Waals surface area (Å²) in [5.41, 5.74) is 1.33. The Balaban J connectivity index is 1.33. The van der Waals surface area contributed by atoms with Gasteiger partial charge in [-0.15, -0.1) is 0 Å². The van der Waals surface area contributed by atoms with Crippen molar-refractivity contribution >= 4 is 20.8 Å². The van der Waals surface area contributed by atoms with E-state index in [1.165, 1.54) is 5.56 Å². The third-order valence-electron chi connectivity index (χ3n) is 5.53. The first-order valence-corrected chi connectivity index (χ1v) is 11.8. The first kappa shape index (κ1) is 20.9. The van der Waals surface area contributed by atoms with E-state index >= 15 is 0 Å². The van der Waals surface area contributed by atoms with E-state index in [1.807, 2.05) is 19.1 Å². The van der Waals surface area contributed by atoms with Crippen LogP contribution in [0, 0.1) is 0 Å². The maximum absolute atomic E-state index is 13.0.